The molecule has 1 atom stereocenters. The van der Waals surface area contributed by atoms with E-state index in [9.17, 15) is 9.90 Å². The number of hydrogen-bond donors (Lipinski definition) is 1. The Balaban J connectivity index is 1.88. The van der Waals surface area contributed by atoms with Crippen molar-refractivity contribution in [2.45, 2.75) is 26.3 Å². The van der Waals surface area contributed by atoms with Crippen molar-refractivity contribution in [1.82, 2.24) is 4.90 Å². The number of aliphatic hydroxyl groups excluding tert-OH is 1. The Hall–Kier alpha value is -2.66. The van der Waals surface area contributed by atoms with Crippen LogP contribution >= 0.6 is 0 Å². The van der Waals surface area contributed by atoms with E-state index in [2.05, 4.69) is 24.2 Å². The molecule has 26 heavy (non-hydrogen) atoms. The van der Waals surface area contributed by atoms with Crippen LogP contribution in [0.3, 0.4) is 0 Å². The van der Waals surface area contributed by atoms with Gasteiger partial charge in [-0.25, -0.2) is 0 Å². The molecule has 1 fully saturated rings. The van der Waals surface area contributed by atoms with Crippen LogP contribution in [0.2, 0.25) is 0 Å². The summed E-state index contributed by atoms with van der Waals surface area (Å²) in [7, 11) is 1.49. The van der Waals surface area contributed by atoms with Gasteiger partial charge in [0.1, 0.15) is 7.11 Å². The Bertz CT molecular complexity index is 845. The monoisotopic (exact) mass is 352 g/mol. The molecule has 0 bridgehead atoms. The second-order valence-corrected chi connectivity index (χ2v) is 6.66. The highest BCUT2D eigenvalue weighted by Crippen LogP contribution is 2.28. The standard InChI is InChI=1S/C21H24N2O3/c1-14-6-4-5-7-19(14)20-9-8-16(10-15(20)2)21(25)23-12-17(22-26-3)11-18(23)13-24/h4-10,18,24H,11-13H2,1-3H3/b22-17-/t18-/m0/s1. The molecule has 1 heterocycles. The van der Waals surface area contributed by atoms with Crippen molar-refractivity contribution in [3.8, 4) is 11.1 Å². The molecule has 1 saturated heterocycles. The number of nitrogens with zero attached hydrogens (tertiary/aromatic N) is 2. The van der Waals surface area contributed by atoms with Gasteiger partial charge in [-0.3, -0.25) is 4.79 Å². The first kappa shape index (κ1) is 18.1. The van der Waals surface area contributed by atoms with E-state index in [0.717, 1.165) is 16.8 Å². The van der Waals surface area contributed by atoms with Gasteiger partial charge >= 0.3 is 0 Å². The summed E-state index contributed by atoms with van der Waals surface area (Å²) in [6.45, 7) is 4.40. The summed E-state index contributed by atoms with van der Waals surface area (Å²) in [5, 5.41) is 13.5. The quantitative estimate of drug-likeness (QED) is 0.860. The normalized spacial score (nSPS) is 18.4. The topological polar surface area (TPSA) is 62.1 Å². The lowest BCUT2D eigenvalue weighted by Crippen LogP contribution is -2.37. The second kappa shape index (κ2) is 7.70. The first-order chi connectivity index (χ1) is 12.5. The van der Waals surface area contributed by atoms with E-state index in [0.29, 0.717) is 18.5 Å². The van der Waals surface area contributed by atoms with Crippen LogP contribution in [0.15, 0.2) is 47.6 Å². The van der Waals surface area contributed by atoms with Gasteiger partial charge in [-0.15, -0.1) is 0 Å². The lowest BCUT2D eigenvalue weighted by Gasteiger charge is -2.23. The van der Waals surface area contributed by atoms with Crippen molar-refractivity contribution >= 4 is 11.6 Å². The maximum atomic E-state index is 13.0. The number of oxime groups is 1. The molecule has 3 rings (SSSR count). The fourth-order valence-electron chi connectivity index (χ4n) is 3.51. The fraction of sp³-hybridized carbons (Fsp3) is 0.333. The van der Waals surface area contributed by atoms with E-state index < -0.39 is 0 Å². The third kappa shape index (κ3) is 3.48. The minimum atomic E-state index is -0.257. The summed E-state index contributed by atoms with van der Waals surface area (Å²) in [4.78, 5) is 19.4. The molecule has 1 aliphatic rings. The van der Waals surface area contributed by atoms with E-state index >= 15 is 0 Å². The van der Waals surface area contributed by atoms with Crippen molar-refractivity contribution in [2.24, 2.45) is 5.16 Å². The minimum Gasteiger partial charge on any atom is -0.399 e. The third-order valence-electron chi connectivity index (χ3n) is 4.87. The molecule has 0 saturated carbocycles. The van der Waals surface area contributed by atoms with E-state index in [4.69, 9.17) is 4.84 Å². The van der Waals surface area contributed by atoms with Crippen LogP contribution in [0.4, 0.5) is 0 Å². The maximum Gasteiger partial charge on any atom is 0.254 e. The highest BCUT2D eigenvalue weighted by molar-refractivity contribution is 6.01. The number of amides is 1. The number of benzene rings is 2. The number of aliphatic hydroxyl groups is 1. The summed E-state index contributed by atoms with van der Waals surface area (Å²) in [5.41, 5.74) is 5.95. The molecule has 136 valence electrons. The van der Waals surface area contributed by atoms with Crippen LogP contribution in [0.25, 0.3) is 11.1 Å². The van der Waals surface area contributed by atoms with Gasteiger partial charge in [0.05, 0.1) is 24.9 Å². The number of carbonyl (C=O) groups excluding carboxylic acids is 1. The molecule has 5 nitrogen and oxygen atoms in total. The molecule has 0 unspecified atom stereocenters. The van der Waals surface area contributed by atoms with E-state index in [1.165, 1.54) is 18.2 Å². The molecule has 1 N–H and O–H groups in total. The smallest absolute Gasteiger partial charge is 0.254 e. The molecule has 2 aromatic rings. The summed E-state index contributed by atoms with van der Waals surface area (Å²) in [6, 6.07) is 13.7. The highest BCUT2D eigenvalue weighted by atomic mass is 16.6. The van der Waals surface area contributed by atoms with Gasteiger partial charge in [-0.1, -0.05) is 35.5 Å². The average Bonchev–Trinajstić information content (AvgIpc) is 3.05. The van der Waals surface area contributed by atoms with Gasteiger partial charge in [0.15, 0.2) is 0 Å². The zero-order chi connectivity index (χ0) is 18.7. The van der Waals surface area contributed by atoms with Gasteiger partial charge in [0, 0.05) is 12.0 Å². The average molecular weight is 352 g/mol. The molecule has 2 aromatic carbocycles. The molecule has 0 aliphatic carbocycles. The van der Waals surface area contributed by atoms with Crippen molar-refractivity contribution in [3.05, 3.63) is 59.2 Å². The minimum absolute atomic E-state index is 0.0885. The fourth-order valence-corrected chi connectivity index (χ4v) is 3.51. The Labute approximate surface area is 153 Å². The van der Waals surface area contributed by atoms with E-state index in [1.807, 2.05) is 37.3 Å². The predicted octanol–water partition coefficient (Wildman–Crippen LogP) is 3.18. The Morgan fingerprint density at radius 3 is 2.58 bits per heavy atom. The molecule has 0 spiro atoms. The first-order valence-corrected chi connectivity index (χ1v) is 8.72. The lowest BCUT2D eigenvalue weighted by molar-refractivity contribution is 0.0680. The predicted molar refractivity (Wildman–Crippen MR) is 102 cm³/mol. The zero-order valence-corrected chi connectivity index (χ0v) is 15.4. The molecule has 1 aliphatic heterocycles. The van der Waals surface area contributed by atoms with Gasteiger partial charge in [-0.2, -0.15) is 0 Å². The van der Waals surface area contributed by atoms with Crippen LogP contribution in [-0.4, -0.2) is 47.9 Å². The van der Waals surface area contributed by atoms with Gasteiger partial charge in [0.25, 0.3) is 5.91 Å². The largest absolute Gasteiger partial charge is 0.399 e. The van der Waals surface area contributed by atoms with E-state index in [1.54, 1.807) is 4.90 Å². The van der Waals surface area contributed by atoms with Crippen LogP contribution in [0.5, 0.6) is 0 Å². The Morgan fingerprint density at radius 1 is 1.19 bits per heavy atom. The van der Waals surface area contributed by atoms with Crippen LogP contribution in [0.1, 0.15) is 27.9 Å². The van der Waals surface area contributed by atoms with Crippen LogP contribution in [0, 0.1) is 13.8 Å². The van der Waals surface area contributed by atoms with Gasteiger partial charge in [-0.05, 0) is 48.2 Å². The highest BCUT2D eigenvalue weighted by Gasteiger charge is 2.33. The summed E-state index contributed by atoms with van der Waals surface area (Å²) < 4.78 is 0. The van der Waals surface area contributed by atoms with Gasteiger partial charge in [0.2, 0.25) is 0 Å². The zero-order valence-electron chi connectivity index (χ0n) is 15.4. The van der Waals surface area contributed by atoms with Crippen LogP contribution in [-0.2, 0) is 4.84 Å². The third-order valence-corrected chi connectivity index (χ3v) is 4.87. The van der Waals surface area contributed by atoms with Crippen molar-refractivity contribution in [3.63, 3.8) is 0 Å². The lowest BCUT2D eigenvalue weighted by atomic mass is 9.95. The Morgan fingerprint density at radius 2 is 1.92 bits per heavy atom. The van der Waals surface area contributed by atoms with Gasteiger partial charge < -0.3 is 14.8 Å². The summed E-state index contributed by atoms with van der Waals surface area (Å²) >= 11 is 0. The van der Waals surface area contributed by atoms with Crippen LogP contribution < -0.4 is 0 Å². The number of carbonyl (C=O) groups is 1. The van der Waals surface area contributed by atoms with Crippen molar-refractivity contribution < 1.29 is 14.7 Å². The molecule has 5 heteroatoms. The summed E-state index contributed by atoms with van der Waals surface area (Å²) in [6.07, 6.45) is 0.538. The Kier molecular flexibility index (Phi) is 5.38. The van der Waals surface area contributed by atoms with Crippen molar-refractivity contribution in [2.75, 3.05) is 20.3 Å². The molecule has 0 aromatic heterocycles. The SMILES string of the molecule is CO/N=C1/C[C@@H](CO)N(C(=O)c2ccc(-c3ccccc3C)c(C)c2)C1. The van der Waals surface area contributed by atoms with Crippen molar-refractivity contribution in [1.29, 1.82) is 0 Å². The molecular weight excluding hydrogens is 328 g/mol. The van der Waals surface area contributed by atoms with E-state index in [-0.39, 0.29) is 18.6 Å². The molecule has 1 amide bonds. The molecule has 0 radical (unpaired) electrons. The molecular formula is C21H24N2O3. The summed E-state index contributed by atoms with van der Waals surface area (Å²) in [5.74, 6) is -0.0928. The maximum absolute atomic E-state index is 13.0. The number of hydrogen-bond acceptors (Lipinski definition) is 4. The first-order valence-electron chi connectivity index (χ1n) is 8.72. The second-order valence-electron chi connectivity index (χ2n) is 6.66. The number of likely N-dealkylation sites (tertiary alicyclic amines) is 1. The number of aryl methyl sites for hydroxylation is 2. The number of rotatable bonds is 4.